The first kappa shape index (κ1) is 14.6. The van der Waals surface area contributed by atoms with Gasteiger partial charge >= 0.3 is 0 Å². The van der Waals surface area contributed by atoms with Gasteiger partial charge in [-0.15, -0.1) is 0 Å². The second-order valence-electron chi connectivity index (χ2n) is 5.30. The van der Waals surface area contributed by atoms with Crippen LogP contribution in [-0.4, -0.2) is 27.1 Å². The van der Waals surface area contributed by atoms with Crippen LogP contribution in [0.5, 0.6) is 0 Å². The van der Waals surface area contributed by atoms with Crippen molar-refractivity contribution in [3.05, 3.63) is 41.7 Å². The Morgan fingerprint density at radius 1 is 1.27 bits per heavy atom. The lowest BCUT2D eigenvalue weighted by Gasteiger charge is -2.29. The van der Waals surface area contributed by atoms with Gasteiger partial charge < -0.3 is 15.1 Å². The predicted molar refractivity (Wildman–Crippen MR) is 82.7 cm³/mol. The molecule has 0 unspecified atom stereocenters. The maximum Gasteiger partial charge on any atom is 0.294 e. The highest BCUT2D eigenvalue weighted by Crippen LogP contribution is 2.32. The van der Waals surface area contributed by atoms with Crippen molar-refractivity contribution in [1.29, 1.82) is 0 Å². The second kappa shape index (κ2) is 5.17. The number of amides is 1. The molecular formula is C15H16N2O4S. The van der Waals surface area contributed by atoms with E-state index in [1.165, 1.54) is 12.1 Å². The molecule has 0 fully saturated rings. The van der Waals surface area contributed by atoms with Crippen LogP contribution in [0.15, 0.2) is 39.8 Å². The number of carbonyl (C=O) groups is 1. The number of hydrogen-bond donors (Lipinski definition) is 1. The van der Waals surface area contributed by atoms with Crippen molar-refractivity contribution in [2.24, 2.45) is 0 Å². The van der Waals surface area contributed by atoms with Crippen molar-refractivity contribution in [2.75, 3.05) is 23.4 Å². The molecule has 3 rings (SSSR count). The van der Waals surface area contributed by atoms with Gasteiger partial charge in [0.25, 0.3) is 5.91 Å². The number of furan rings is 1. The van der Waals surface area contributed by atoms with Crippen LogP contribution >= 0.6 is 0 Å². The first-order chi connectivity index (χ1) is 10.4. The molecule has 0 aliphatic carbocycles. The fraction of sp³-hybridized carbons (Fsp3) is 0.267. The molecule has 1 aromatic carbocycles. The summed E-state index contributed by atoms with van der Waals surface area (Å²) in [6.07, 6.45) is 2.65. The van der Waals surface area contributed by atoms with Gasteiger partial charge in [-0.3, -0.25) is 4.79 Å². The van der Waals surface area contributed by atoms with E-state index in [1.807, 2.05) is 12.1 Å². The summed E-state index contributed by atoms with van der Waals surface area (Å²) in [5.74, 6) is -0.350. The van der Waals surface area contributed by atoms with Crippen molar-refractivity contribution in [2.45, 2.75) is 17.9 Å². The molecule has 2 N–H and O–H groups in total. The zero-order valence-electron chi connectivity index (χ0n) is 12.1. The summed E-state index contributed by atoms with van der Waals surface area (Å²) in [4.78, 5) is 14.2. The number of rotatable bonds is 2. The van der Waals surface area contributed by atoms with Gasteiger partial charge in [-0.25, -0.2) is 8.42 Å². The molecular weight excluding hydrogens is 304 g/mol. The minimum absolute atomic E-state index is 0.00991. The highest BCUT2D eigenvalue weighted by Gasteiger charge is 2.27. The molecule has 22 heavy (non-hydrogen) atoms. The van der Waals surface area contributed by atoms with Crippen molar-refractivity contribution < 1.29 is 17.6 Å². The topological polar surface area (TPSA) is 93.6 Å². The number of nitrogen functional groups attached to an aromatic ring is 1. The van der Waals surface area contributed by atoms with Gasteiger partial charge in [-0.05, 0) is 42.7 Å². The molecule has 1 aliphatic rings. The van der Waals surface area contributed by atoms with E-state index < -0.39 is 9.84 Å². The maximum atomic E-state index is 12.6. The van der Waals surface area contributed by atoms with E-state index in [2.05, 4.69) is 0 Å². The van der Waals surface area contributed by atoms with Crippen LogP contribution in [0, 0.1) is 0 Å². The molecule has 1 aromatic heterocycles. The zero-order chi connectivity index (χ0) is 15.9. The van der Waals surface area contributed by atoms with Gasteiger partial charge in [-0.1, -0.05) is 6.07 Å². The van der Waals surface area contributed by atoms with E-state index >= 15 is 0 Å². The molecule has 2 aromatic rings. The normalized spacial score (nSPS) is 14.7. The minimum atomic E-state index is -3.47. The summed E-state index contributed by atoms with van der Waals surface area (Å²) < 4.78 is 28.1. The summed E-state index contributed by atoms with van der Waals surface area (Å²) in [5.41, 5.74) is 8.32. The first-order valence-electron chi connectivity index (χ1n) is 6.87. The van der Waals surface area contributed by atoms with Gasteiger partial charge in [0.1, 0.15) is 0 Å². The molecule has 0 radical (unpaired) electrons. The van der Waals surface area contributed by atoms with Crippen LogP contribution in [0.2, 0.25) is 0 Å². The molecule has 2 heterocycles. The van der Waals surface area contributed by atoms with Gasteiger partial charge in [0.15, 0.2) is 5.76 Å². The molecule has 6 nitrogen and oxygen atoms in total. The largest absolute Gasteiger partial charge is 0.440 e. The Morgan fingerprint density at radius 2 is 2.05 bits per heavy atom. The fourth-order valence-corrected chi connectivity index (χ4v) is 3.19. The van der Waals surface area contributed by atoms with Crippen LogP contribution in [0.1, 0.15) is 22.5 Å². The Morgan fingerprint density at radius 3 is 2.73 bits per heavy atom. The maximum absolute atomic E-state index is 12.6. The van der Waals surface area contributed by atoms with Crippen LogP contribution < -0.4 is 10.6 Å². The Balaban J connectivity index is 1.98. The molecule has 0 saturated heterocycles. The highest BCUT2D eigenvalue weighted by molar-refractivity contribution is 7.90. The number of anilines is 2. The third-order valence-corrected chi connectivity index (χ3v) is 4.64. The summed E-state index contributed by atoms with van der Waals surface area (Å²) >= 11 is 0. The van der Waals surface area contributed by atoms with Crippen LogP contribution in [0.25, 0.3) is 0 Å². The number of nitrogens with zero attached hydrogens (tertiary/aromatic N) is 1. The van der Waals surface area contributed by atoms with Gasteiger partial charge in [0.2, 0.25) is 14.9 Å². The summed E-state index contributed by atoms with van der Waals surface area (Å²) in [7, 11) is -3.47. The number of nitrogens with two attached hydrogens (primary N) is 1. The molecule has 0 bridgehead atoms. The summed E-state index contributed by atoms with van der Waals surface area (Å²) in [6, 6.07) is 8.13. The molecule has 0 atom stereocenters. The third-order valence-electron chi connectivity index (χ3n) is 3.69. The standard InChI is InChI=1S/C15H16N2O4S/c1-22(19,20)14-8-7-13(21-14)15(18)17-9-3-4-10-11(16)5-2-6-12(10)17/h2,5-8H,3-4,9,16H2,1H3. The highest BCUT2D eigenvalue weighted by atomic mass is 32.2. The van der Waals surface area contributed by atoms with E-state index in [0.29, 0.717) is 12.2 Å². The van der Waals surface area contributed by atoms with E-state index in [1.54, 1.807) is 11.0 Å². The van der Waals surface area contributed by atoms with Crippen LogP contribution in [0.4, 0.5) is 11.4 Å². The Hall–Kier alpha value is -2.28. The van der Waals surface area contributed by atoms with Crippen molar-refractivity contribution in [3.8, 4) is 0 Å². The Labute approximate surface area is 128 Å². The molecule has 0 spiro atoms. The quantitative estimate of drug-likeness (QED) is 0.852. The lowest BCUT2D eigenvalue weighted by atomic mass is 9.99. The third kappa shape index (κ3) is 2.48. The average Bonchev–Trinajstić information content (AvgIpc) is 2.96. The number of carbonyl (C=O) groups excluding carboxylic acids is 1. The second-order valence-corrected chi connectivity index (χ2v) is 7.24. The summed E-state index contributed by atoms with van der Waals surface area (Å²) in [6.45, 7) is 0.546. The van der Waals surface area contributed by atoms with Gasteiger partial charge in [-0.2, -0.15) is 0 Å². The van der Waals surface area contributed by atoms with Crippen molar-refractivity contribution in [3.63, 3.8) is 0 Å². The van der Waals surface area contributed by atoms with Crippen molar-refractivity contribution in [1.82, 2.24) is 0 Å². The molecule has 1 aliphatic heterocycles. The molecule has 1 amide bonds. The molecule has 0 saturated carbocycles. The van der Waals surface area contributed by atoms with Crippen LogP contribution in [-0.2, 0) is 16.3 Å². The first-order valence-corrected chi connectivity index (χ1v) is 8.76. The lowest BCUT2D eigenvalue weighted by Crippen LogP contribution is -2.35. The fourth-order valence-electron chi connectivity index (χ4n) is 2.63. The number of sulfone groups is 1. The number of hydrogen-bond acceptors (Lipinski definition) is 5. The van der Waals surface area contributed by atoms with Crippen molar-refractivity contribution >= 4 is 27.1 Å². The smallest absolute Gasteiger partial charge is 0.294 e. The monoisotopic (exact) mass is 320 g/mol. The lowest BCUT2D eigenvalue weighted by molar-refractivity contribution is 0.0953. The van der Waals surface area contributed by atoms with E-state index in [4.69, 9.17) is 10.2 Å². The van der Waals surface area contributed by atoms with Gasteiger partial charge in [0.05, 0.1) is 0 Å². The average molecular weight is 320 g/mol. The minimum Gasteiger partial charge on any atom is -0.440 e. The zero-order valence-corrected chi connectivity index (χ0v) is 12.9. The van der Waals surface area contributed by atoms with Gasteiger partial charge in [0, 0.05) is 24.2 Å². The Bertz CT molecular complexity index is 839. The SMILES string of the molecule is CS(=O)(=O)c1ccc(C(=O)N2CCCc3c(N)cccc32)o1. The predicted octanol–water partition coefficient (Wildman–Crippen LogP) is 1.86. The van der Waals surface area contributed by atoms with Crippen LogP contribution in [0.3, 0.4) is 0 Å². The number of fused-ring (bicyclic) bond motifs is 1. The Kier molecular flexibility index (Phi) is 3.44. The molecule has 7 heteroatoms. The van der Waals surface area contributed by atoms with E-state index in [-0.39, 0.29) is 16.8 Å². The number of benzene rings is 1. The molecule has 116 valence electrons. The van der Waals surface area contributed by atoms with E-state index in [0.717, 1.165) is 30.3 Å². The van der Waals surface area contributed by atoms with E-state index in [9.17, 15) is 13.2 Å². The summed E-state index contributed by atoms with van der Waals surface area (Å²) in [5, 5.41) is -0.208.